The van der Waals surface area contributed by atoms with Crippen LogP contribution in [0.25, 0.3) is 10.8 Å². The van der Waals surface area contributed by atoms with Crippen LogP contribution >= 0.6 is 0 Å². The third kappa shape index (κ3) is 5.26. The van der Waals surface area contributed by atoms with E-state index in [2.05, 4.69) is 10.2 Å². The molecule has 31 heavy (non-hydrogen) atoms. The minimum absolute atomic E-state index is 0. The van der Waals surface area contributed by atoms with Gasteiger partial charge in [-0.25, -0.2) is 8.42 Å². The molecule has 0 aliphatic rings. The van der Waals surface area contributed by atoms with E-state index in [-0.39, 0.29) is 57.5 Å². The molecule has 0 heterocycles. The summed E-state index contributed by atoms with van der Waals surface area (Å²) in [4.78, 5) is 9.19. The van der Waals surface area contributed by atoms with E-state index < -0.39 is 40.4 Å². The molecule has 3 aromatic carbocycles. The van der Waals surface area contributed by atoms with E-state index in [9.17, 15) is 36.6 Å². The van der Waals surface area contributed by atoms with Gasteiger partial charge in [-0.1, -0.05) is 12.1 Å². The third-order valence-corrected chi connectivity index (χ3v) is 6.08. The summed E-state index contributed by atoms with van der Waals surface area (Å²) in [6.07, 6.45) is 0.845. The predicted octanol–water partition coefficient (Wildman–Crippen LogP) is 2.87. The average molecular weight is 475 g/mol. The van der Waals surface area contributed by atoms with Gasteiger partial charge in [-0.2, -0.15) is 8.42 Å². The van der Waals surface area contributed by atoms with Crippen LogP contribution in [0.15, 0.2) is 68.6 Å². The molecule has 0 aromatic heterocycles. The summed E-state index contributed by atoms with van der Waals surface area (Å²) in [5, 5.41) is 28.6. The first-order valence-corrected chi connectivity index (χ1v) is 11.3. The number of non-ortho nitro benzene ring substituents is 1. The van der Waals surface area contributed by atoms with E-state index in [1.54, 1.807) is 0 Å². The van der Waals surface area contributed by atoms with E-state index in [0.717, 1.165) is 30.5 Å². The second kappa shape index (κ2) is 8.98. The van der Waals surface area contributed by atoms with Crippen molar-refractivity contribution < 1.29 is 31.4 Å². The SMILES string of the molecule is CS(=O)(=O)c1cc([N+](=O)[O-])ccc1N=Nc1ccc(O)c2cccc(S(=O)(=O)O)c12.[NaH]. The van der Waals surface area contributed by atoms with E-state index in [0.29, 0.717) is 0 Å². The molecule has 0 saturated heterocycles. The fourth-order valence-corrected chi connectivity index (χ4v) is 4.29. The summed E-state index contributed by atoms with van der Waals surface area (Å²) in [6.45, 7) is 0. The normalized spacial score (nSPS) is 12.1. The minimum atomic E-state index is -4.68. The van der Waals surface area contributed by atoms with Crippen LogP contribution in [-0.4, -0.2) is 67.2 Å². The molecule has 3 aromatic rings. The van der Waals surface area contributed by atoms with Crippen molar-refractivity contribution in [1.82, 2.24) is 0 Å². The van der Waals surface area contributed by atoms with Gasteiger partial charge in [0.1, 0.15) is 21.2 Å². The van der Waals surface area contributed by atoms with Gasteiger partial charge in [-0.05, 0) is 24.3 Å². The van der Waals surface area contributed by atoms with Crippen LogP contribution in [0.4, 0.5) is 17.1 Å². The quantitative estimate of drug-likeness (QED) is 0.186. The van der Waals surface area contributed by atoms with Crippen molar-refractivity contribution in [3.8, 4) is 5.75 Å². The Kier molecular flexibility index (Phi) is 7.20. The van der Waals surface area contributed by atoms with Crippen LogP contribution in [0.2, 0.25) is 0 Å². The molecule has 0 atom stereocenters. The number of fused-ring (bicyclic) bond motifs is 1. The number of hydrogen-bond acceptors (Lipinski definition) is 9. The van der Waals surface area contributed by atoms with Crippen molar-refractivity contribution >= 4 is 77.3 Å². The molecule has 0 aliphatic carbocycles. The molecule has 0 bridgehead atoms. The first-order chi connectivity index (χ1) is 13.9. The number of azo groups is 1. The van der Waals surface area contributed by atoms with Gasteiger partial charge in [0.05, 0.1) is 10.6 Å². The summed E-state index contributed by atoms with van der Waals surface area (Å²) in [5.74, 6) is -0.276. The summed E-state index contributed by atoms with van der Waals surface area (Å²) in [7, 11) is -8.59. The molecular formula is C17H14N3NaO8S2. The number of rotatable bonds is 5. The number of phenolic OH excluding ortho intramolecular Hbond substituents is 1. The van der Waals surface area contributed by atoms with Gasteiger partial charge < -0.3 is 5.11 Å². The van der Waals surface area contributed by atoms with Gasteiger partial charge in [-0.3, -0.25) is 14.7 Å². The number of benzene rings is 3. The van der Waals surface area contributed by atoms with Crippen molar-refractivity contribution in [1.29, 1.82) is 0 Å². The van der Waals surface area contributed by atoms with Crippen LogP contribution in [-0.2, 0) is 20.0 Å². The van der Waals surface area contributed by atoms with E-state index in [4.69, 9.17) is 0 Å². The Morgan fingerprint density at radius 3 is 2.13 bits per heavy atom. The van der Waals surface area contributed by atoms with Gasteiger partial charge in [-0.15, -0.1) is 10.2 Å². The van der Waals surface area contributed by atoms with Crippen molar-refractivity contribution in [3.63, 3.8) is 0 Å². The number of nitro benzene ring substituents is 1. The molecule has 0 radical (unpaired) electrons. The number of nitrogens with zero attached hydrogens (tertiary/aromatic N) is 3. The fraction of sp³-hybridized carbons (Fsp3) is 0.0588. The molecule has 2 N–H and O–H groups in total. The molecule has 0 unspecified atom stereocenters. The molecule has 158 valence electrons. The Balaban J connectivity index is 0.00000341. The molecule has 3 rings (SSSR count). The molecular weight excluding hydrogens is 461 g/mol. The topological polar surface area (TPSA) is 177 Å². The predicted molar refractivity (Wildman–Crippen MR) is 113 cm³/mol. The summed E-state index contributed by atoms with van der Waals surface area (Å²) in [6, 6.07) is 9.22. The summed E-state index contributed by atoms with van der Waals surface area (Å²) in [5.41, 5.74) is -0.763. The first-order valence-electron chi connectivity index (χ1n) is 8.02. The van der Waals surface area contributed by atoms with Gasteiger partial charge in [0.2, 0.25) is 0 Å². The van der Waals surface area contributed by atoms with Crippen LogP contribution in [0, 0.1) is 10.1 Å². The summed E-state index contributed by atoms with van der Waals surface area (Å²) >= 11 is 0. The number of aromatic hydroxyl groups is 1. The third-order valence-electron chi connectivity index (χ3n) is 4.05. The van der Waals surface area contributed by atoms with Gasteiger partial charge in [0.25, 0.3) is 15.8 Å². The van der Waals surface area contributed by atoms with Crippen LogP contribution in [0.3, 0.4) is 0 Å². The number of sulfone groups is 1. The van der Waals surface area contributed by atoms with Crippen molar-refractivity contribution in [3.05, 3.63) is 58.6 Å². The summed E-state index contributed by atoms with van der Waals surface area (Å²) < 4.78 is 57.0. The van der Waals surface area contributed by atoms with Crippen molar-refractivity contribution in [2.24, 2.45) is 10.2 Å². The zero-order chi connectivity index (χ0) is 22.3. The maximum absolute atomic E-state index is 12.0. The first kappa shape index (κ1) is 24.8. The average Bonchev–Trinajstić information content (AvgIpc) is 2.65. The molecule has 0 aliphatic heterocycles. The van der Waals surface area contributed by atoms with Crippen LogP contribution in [0.1, 0.15) is 0 Å². The van der Waals surface area contributed by atoms with Crippen molar-refractivity contribution in [2.45, 2.75) is 9.79 Å². The molecule has 0 amide bonds. The van der Waals surface area contributed by atoms with E-state index in [1.807, 2.05) is 0 Å². The molecule has 14 heteroatoms. The van der Waals surface area contributed by atoms with Crippen LogP contribution in [0.5, 0.6) is 5.75 Å². The standard InChI is InChI=1S/C17H13N3O8S2.Na.H/c1-29(24,25)16-9-10(20(22)23)5-6-12(16)18-19-13-7-8-14(21)11-3-2-4-15(17(11)13)30(26,27)28;;/h2-9,21H,1H3,(H,26,27,28);;. The Bertz CT molecular complexity index is 1440. The number of hydrogen-bond donors (Lipinski definition) is 2. The monoisotopic (exact) mass is 475 g/mol. The Labute approximate surface area is 198 Å². The van der Waals surface area contributed by atoms with Gasteiger partial charge in [0.15, 0.2) is 9.84 Å². The van der Waals surface area contributed by atoms with Crippen molar-refractivity contribution in [2.75, 3.05) is 6.26 Å². The number of nitro groups is 1. The maximum atomic E-state index is 12.0. The van der Waals surface area contributed by atoms with Crippen LogP contribution < -0.4 is 0 Å². The Morgan fingerprint density at radius 2 is 1.55 bits per heavy atom. The Hall–Kier alpha value is -2.42. The van der Waals surface area contributed by atoms with E-state index >= 15 is 0 Å². The van der Waals surface area contributed by atoms with Gasteiger partial charge >= 0.3 is 29.6 Å². The zero-order valence-electron chi connectivity index (χ0n) is 15.1. The van der Waals surface area contributed by atoms with Gasteiger partial charge in [0, 0.05) is 29.2 Å². The van der Waals surface area contributed by atoms with E-state index in [1.165, 1.54) is 24.3 Å². The fourth-order valence-electron chi connectivity index (χ4n) is 2.74. The molecule has 0 saturated carbocycles. The molecule has 0 fully saturated rings. The Morgan fingerprint density at radius 1 is 0.935 bits per heavy atom. The molecule has 11 nitrogen and oxygen atoms in total. The second-order valence-corrected chi connectivity index (χ2v) is 9.51. The molecule has 0 spiro atoms. The zero-order valence-corrected chi connectivity index (χ0v) is 16.8. The number of phenols is 1. The second-order valence-electron chi connectivity index (χ2n) is 6.14.